The fourth-order valence-electron chi connectivity index (χ4n) is 1.98. The fraction of sp³-hybridized carbons (Fsp3) is 0.235. The number of carbonyl (C=O) groups excluding carboxylic acids is 1. The number of rotatable bonds is 2. The van der Waals surface area contributed by atoms with Gasteiger partial charge in [-0.15, -0.1) is 0 Å². The lowest BCUT2D eigenvalue weighted by molar-refractivity contribution is 0.102. The van der Waals surface area contributed by atoms with Gasteiger partial charge >= 0.3 is 0 Å². The maximum absolute atomic E-state index is 13.6. The Morgan fingerprint density at radius 1 is 1.10 bits per heavy atom. The molecule has 2 rings (SSSR count). The number of phenols is 1. The second-order valence-corrected chi connectivity index (χ2v) is 5.92. The van der Waals surface area contributed by atoms with Crippen LogP contribution in [0.2, 0.25) is 0 Å². The highest BCUT2D eigenvalue weighted by molar-refractivity contribution is 6.06. The third-order valence-electron chi connectivity index (χ3n) is 3.23. The molecule has 4 heteroatoms. The second-order valence-electron chi connectivity index (χ2n) is 5.92. The van der Waals surface area contributed by atoms with E-state index in [2.05, 4.69) is 26.1 Å². The quantitative estimate of drug-likeness (QED) is 0.874. The summed E-state index contributed by atoms with van der Waals surface area (Å²) in [6.45, 7) is 6.29. The standard InChI is InChI=1S/C17H18FNO2/c1-17(2,3)11-7-9-12(10-8-11)19-16(21)15-13(18)5-4-6-14(15)20/h4-10,20H,1-3H3,(H,19,21). The minimum atomic E-state index is -0.751. The lowest BCUT2D eigenvalue weighted by Gasteiger charge is -2.19. The van der Waals surface area contributed by atoms with Crippen molar-refractivity contribution in [1.82, 2.24) is 0 Å². The van der Waals surface area contributed by atoms with Gasteiger partial charge < -0.3 is 10.4 Å². The van der Waals surface area contributed by atoms with Crippen LogP contribution in [0.1, 0.15) is 36.7 Å². The van der Waals surface area contributed by atoms with Crippen LogP contribution in [0.3, 0.4) is 0 Å². The first-order chi connectivity index (χ1) is 9.79. The number of anilines is 1. The molecule has 1 amide bonds. The number of aromatic hydroxyl groups is 1. The molecule has 110 valence electrons. The number of phenolic OH excluding ortho intramolecular Hbond substituents is 1. The average molecular weight is 287 g/mol. The van der Waals surface area contributed by atoms with E-state index in [9.17, 15) is 14.3 Å². The molecule has 0 bridgehead atoms. The molecule has 0 aliphatic heterocycles. The molecule has 0 spiro atoms. The van der Waals surface area contributed by atoms with E-state index in [-0.39, 0.29) is 16.7 Å². The highest BCUT2D eigenvalue weighted by Crippen LogP contribution is 2.25. The summed E-state index contributed by atoms with van der Waals surface area (Å²) in [5, 5.41) is 12.2. The van der Waals surface area contributed by atoms with Crippen LogP contribution in [-0.4, -0.2) is 11.0 Å². The van der Waals surface area contributed by atoms with Gasteiger partial charge in [-0.3, -0.25) is 4.79 Å². The Balaban J connectivity index is 2.21. The van der Waals surface area contributed by atoms with Crippen molar-refractivity contribution in [3.63, 3.8) is 0 Å². The van der Waals surface area contributed by atoms with Crippen LogP contribution in [0.25, 0.3) is 0 Å². The Morgan fingerprint density at radius 2 is 1.71 bits per heavy atom. The van der Waals surface area contributed by atoms with Crippen molar-refractivity contribution in [3.05, 3.63) is 59.4 Å². The third kappa shape index (κ3) is 3.40. The fourth-order valence-corrected chi connectivity index (χ4v) is 1.98. The molecule has 0 aliphatic carbocycles. The Bertz CT molecular complexity index is 637. The van der Waals surface area contributed by atoms with Crippen molar-refractivity contribution in [2.45, 2.75) is 26.2 Å². The number of nitrogens with one attached hydrogen (secondary N) is 1. The largest absolute Gasteiger partial charge is 0.507 e. The predicted octanol–water partition coefficient (Wildman–Crippen LogP) is 4.08. The maximum Gasteiger partial charge on any atom is 0.262 e. The van der Waals surface area contributed by atoms with Crippen LogP contribution in [-0.2, 0) is 5.41 Å². The number of hydrogen-bond acceptors (Lipinski definition) is 2. The van der Waals surface area contributed by atoms with Gasteiger partial charge in [0.15, 0.2) is 0 Å². The predicted molar refractivity (Wildman–Crippen MR) is 81.2 cm³/mol. The van der Waals surface area contributed by atoms with E-state index in [4.69, 9.17) is 0 Å². The monoisotopic (exact) mass is 287 g/mol. The maximum atomic E-state index is 13.6. The van der Waals surface area contributed by atoms with Crippen molar-refractivity contribution >= 4 is 11.6 Å². The van der Waals surface area contributed by atoms with Gasteiger partial charge in [-0.2, -0.15) is 0 Å². The second kappa shape index (κ2) is 5.56. The Labute approximate surface area is 123 Å². The summed E-state index contributed by atoms with van der Waals surface area (Å²) in [5.41, 5.74) is 1.36. The van der Waals surface area contributed by atoms with Gasteiger partial charge in [-0.05, 0) is 35.2 Å². The topological polar surface area (TPSA) is 49.3 Å². The summed E-state index contributed by atoms with van der Waals surface area (Å²) in [6.07, 6.45) is 0. The third-order valence-corrected chi connectivity index (χ3v) is 3.23. The van der Waals surface area contributed by atoms with E-state index in [1.807, 2.05) is 12.1 Å². The van der Waals surface area contributed by atoms with Crippen LogP contribution in [0.15, 0.2) is 42.5 Å². The molecule has 0 aromatic heterocycles. The molecule has 2 aromatic carbocycles. The van der Waals surface area contributed by atoms with Gasteiger partial charge in [0, 0.05) is 5.69 Å². The minimum Gasteiger partial charge on any atom is -0.507 e. The first-order valence-electron chi connectivity index (χ1n) is 6.68. The molecule has 0 heterocycles. The number of halogens is 1. The molecular formula is C17H18FNO2. The van der Waals surface area contributed by atoms with Crippen molar-refractivity contribution in [1.29, 1.82) is 0 Å². The van der Waals surface area contributed by atoms with Crippen LogP contribution in [0, 0.1) is 5.82 Å². The molecular weight excluding hydrogens is 269 g/mol. The minimum absolute atomic E-state index is 0.0202. The van der Waals surface area contributed by atoms with Crippen LogP contribution >= 0.6 is 0 Å². The Morgan fingerprint density at radius 3 is 2.24 bits per heavy atom. The highest BCUT2D eigenvalue weighted by atomic mass is 19.1. The van der Waals surface area contributed by atoms with Gasteiger partial charge in [0.25, 0.3) is 5.91 Å². The summed E-state index contributed by atoms with van der Waals surface area (Å²) in [6, 6.07) is 11.1. The zero-order valence-corrected chi connectivity index (χ0v) is 12.3. The molecule has 21 heavy (non-hydrogen) atoms. The molecule has 2 aromatic rings. The van der Waals surface area contributed by atoms with E-state index in [0.717, 1.165) is 11.6 Å². The SMILES string of the molecule is CC(C)(C)c1ccc(NC(=O)c2c(O)cccc2F)cc1. The first kappa shape index (κ1) is 15.0. The van der Waals surface area contributed by atoms with Crippen molar-refractivity contribution in [2.24, 2.45) is 0 Å². The molecule has 2 N–H and O–H groups in total. The van der Waals surface area contributed by atoms with Crippen molar-refractivity contribution in [3.8, 4) is 5.75 Å². The number of carbonyl (C=O) groups is 1. The summed E-state index contributed by atoms with van der Waals surface area (Å²) < 4.78 is 13.6. The van der Waals surface area contributed by atoms with Gasteiger partial charge in [0.1, 0.15) is 17.1 Å². The van der Waals surface area contributed by atoms with E-state index in [0.29, 0.717) is 5.69 Å². The van der Waals surface area contributed by atoms with E-state index in [1.165, 1.54) is 12.1 Å². The number of hydrogen-bond donors (Lipinski definition) is 2. The van der Waals surface area contributed by atoms with Gasteiger partial charge in [-0.25, -0.2) is 4.39 Å². The molecule has 0 saturated carbocycles. The first-order valence-corrected chi connectivity index (χ1v) is 6.68. The molecule has 0 atom stereocenters. The molecule has 0 radical (unpaired) electrons. The van der Waals surface area contributed by atoms with Crippen LogP contribution < -0.4 is 5.32 Å². The van der Waals surface area contributed by atoms with Gasteiger partial charge in [0.05, 0.1) is 0 Å². The lowest BCUT2D eigenvalue weighted by atomic mass is 9.87. The lowest BCUT2D eigenvalue weighted by Crippen LogP contribution is -2.15. The Kier molecular flexibility index (Phi) is 3.98. The number of amides is 1. The summed E-state index contributed by atoms with van der Waals surface area (Å²) in [7, 11) is 0. The smallest absolute Gasteiger partial charge is 0.262 e. The molecule has 3 nitrogen and oxygen atoms in total. The van der Waals surface area contributed by atoms with Gasteiger partial charge in [0.2, 0.25) is 0 Å². The zero-order valence-electron chi connectivity index (χ0n) is 12.3. The highest BCUT2D eigenvalue weighted by Gasteiger charge is 2.17. The summed E-state index contributed by atoms with van der Waals surface area (Å²) >= 11 is 0. The van der Waals surface area contributed by atoms with Crippen LogP contribution in [0.4, 0.5) is 10.1 Å². The van der Waals surface area contributed by atoms with E-state index >= 15 is 0 Å². The van der Waals surface area contributed by atoms with Gasteiger partial charge in [-0.1, -0.05) is 39.0 Å². The molecule has 0 fully saturated rings. The van der Waals surface area contributed by atoms with E-state index < -0.39 is 11.7 Å². The zero-order chi connectivity index (χ0) is 15.6. The average Bonchev–Trinajstić information content (AvgIpc) is 2.38. The summed E-state index contributed by atoms with van der Waals surface area (Å²) in [5.74, 6) is -1.80. The van der Waals surface area contributed by atoms with Crippen molar-refractivity contribution < 1.29 is 14.3 Å². The summed E-state index contributed by atoms with van der Waals surface area (Å²) in [4.78, 5) is 12.0. The molecule has 0 saturated heterocycles. The normalized spacial score (nSPS) is 11.2. The Hall–Kier alpha value is -2.36. The molecule has 0 unspecified atom stereocenters. The van der Waals surface area contributed by atoms with Crippen molar-refractivity contribution in [2.75, 3.05) is 5.32 Å². The molecule has 0 aliphatic rings. The van der Waals surface area contributed by atoms with Crippen LogP contribution in [0.5, 0.6) is 5.75 Å². The number of benzene rings is 2. The van der Waals surface area contributed by atoms with E-state index in [1.54, 1.807) is 12.1 Å².